The molecule has 0 bridgehead atoms. The highest BCUT2D eigenvalue weighted by atomic mass is 127. The third kappa shape index (κ3) is 7.12. The number of guanidine groups is 1. The van der Waals surface area contributed by atoms with E-state index in [0.29, 0.717) is 12.5 Å². The lowest BCUT2D eigenvalue weighted by Gasteiger charge is -2.33. The van der Waals surface area contributed by atoms with E-state index in [-0.39, 0.29) is 24.0 Å². The van der Waals surface area contributed by atoms with Crippen molar-refractivity contribution < 1.29 is 0 Å². The molecule has 1 aliphatic rings. The number of nitrogens with one attached hydrogen (secondary N) is 2. The van der Waals surface area contributed by atoms with Crippen LogP contribution in [0.3, 0.4) is 0 Å². The first kappa shape index (κ1) is 24.4. The number of aryl methyl sites for hydroxylation is 1. The summed E-state index contributed by atoms with van der Waals surface area (Å²) in [6.45, 7) is 10.2. The Hall–Kier alpha value is -1.87. The minimum Gasteiger partial charge on any atom is -0.356 e. The standard InChI is InChI=1S/C23H34N6.HI/c1-18-6-5-7-21(14-18)19(2)15-26-23(24-3)27-17-20-8-9-22(25-16-20)29-12-10-28(4)11-13-29;/h5-9,14,16,19H,10-13,15,17H2,1-4H3,(H2,24,26,27);1H. The highest BCUT2D eigenvalue weighted by Gasteiger charge is 2.15. The zero-order chi connectivity index (χ0) is 20.6. The van der Waals surface area contributed by atoms with Crippen LogP contribution in [0.2, 0.25) is 0 Å². The summed E-state index contributed by atoms with van der Waals surface area (Å²) in [5.41, 5.74) is 3.79. The van der Waals surface area contributed by atoms with Crippen molar-refractivity contribution in [3.63, 3.8) is 0 Å². The van der Waals surface area contributed by atoms with Gasteiger partial charge in [-0.1, -0.05) is 42.8 Å². The molecule has 7 heteroatoms. The lowest BCUT2D eigenvalue weighted by atomic mass is 9.99. The molecule has 3 rings (SSSR count). The SMILES string of the molecule is CN=C(NCc1ccc(N2CCN(C)CC2)nc1)NCC(C)c1cccc(C)c1.I. The van der Waals surface area contributed by atoms with Gasteiger partial charge < -0.3 is 20.4 Å². The number of likely N-dealkylation sites (N-methyl/N-ethyl adjacent to an activating group) is 1. The summed E-state index contributed by atoms with van der Waals surface area (Å²) in [7, 11) is 3.98. The quantitative estimate of drug-likeness (QED) is 0.347. The lowest BCUT2D eigenvalue weighted by molar-refractivity contribution is 0.312. The molecule has 2 N–H and O–H groups in total. The Bertz CT molecular complexity index is 800. The van der Waals surface area contributed by atoms with Crippen LogP contribution in [0.5, 0.6) is 0 Å². The van der Waals surface area contributed by atoms with Crippen LogP contribution >= 0.6 is 24.0 Å². The van der Waals surface area contributed by atoms with Gasteiger partial charge in [-0.25, -0.2) is 4.98 Å². The first-order valence-electron chi connectivity index (χ1n) is 10.4. The van der Waals surface area contributed by atoms with Gasteiger partial charge in [-0.05, 0) is 37.1 Å². The number of rotatable bonds is 6. The Labute approximate surface area is 198 Å². The van der Waals surface area contributed by atoms with Gasteiger partial charge in [0, 0.05) is 52.5 Å². The van der Waals surface area contributed by atoms with Crippen molar-refractivity contribution in [2.24, 2.45) is 4.99 Å². The summed E-state index contributed by atoms with van der Waals surface area (Å²) >= 11 is 0. The zero-order valence-corrected chi connectivity index (χ0v) is 20.9. The van der Waals surface area contributed by atoms with E-state index >= 15 is 0 Å². The van der Waals surface area contributed by atoms with Gasteiger partial charge in [-0.3, -0.25) is 4.99 Å². The fourth-order valence-corrected chi connectivity index (χ4v) is 3.49. The number of hydrogen-bond acceptors (Lipinski definition) is 4. The van der Waals surface area contributed by atoms with Crippen molar-refractivity contribution in [1.29, 1.82) is 0 Å². The van der Waals surface area contributed by atoms with E-state index < -0.39 is 0 Å². The van der Waals surface area contributed by atoms with Crippen molar-refractivity contribution >= 4 is 35.8 Å². The van der Waals surface area contributed by atoms with Gasteiger partial charge in [-0.15, -0.1) is 24.0 Å². The topological polar surface area (TPSA) is 55.8 Å². The second-order valence-electron chi connectivity index (χ2n) is 7.94. The van der Waals surface area contributed by atoms with Crippen molar-refractivity contribution in [1.82, 2.24) is 20.5 Å². The van der Waals surface area contributed by atoms with Crippen LogP contribution in [0.25, 0.3) is 0 Å². The van der Waals surface area contributed by atoms with Crippen LogP contribution in [-0.4, -0.2) is 62.7 Å². The first-order chi connectivity index (χ1) is 14.0. The van der Waals surface area contributed by atoms with E-state index in [9.17, 15) is 0 Å². The normalized spacial score (nSPS) is 16.0. The average Bonchev–Trinajstić information content (AvgIpc) is 2.74. The van der Waals surface area contributed by atoms with E-state index in [2.05, 4.69) is 87.7 Å². The number of pyridine rings is 1. The molecule has 30 heavy (non-hydrogen) atoms. The molecule has 1 aromatic carbocycles. The highest BCUT2D eigenvalue weighted by Crippen LogP contribution is 2.16. The van der Waals surface area contributed by atoms with Gasteiger partial charge in [0.2, 0.25) is 0 Å². The fraction of sp³-hybridized carbons (Fsp3) is 0.478. The molecular formula is C23H35IN6. The van der Waals surface area contributed by atoms with Gasteiger partial charge >= 0.3 is 0 Å². The maximum atomic E-state index is 4.66. The predicted octanol–water partition coefficient (Wildman–Crippen LogP) is 3.23. The Morgan fingerprint density at radius 3 is 2.53 bits per heavy atom. The van der Waals surface area contributed by atoms with E-state index in [4.69, 9.17) is 0 Å². The van der Waals surface area contributed by atoms with Crippen molar-refractivity contribution in [2.75, 3.05) is 51.7 Å². The molecule has 0 spiro atoms. The molecule has 164 valence electrons. The Morgan fingerprint density at radius 2 is 1.90 bits per heavy atom. The zero-order valence-electron chi connectivity index (χ0n) is 18.6. The maximum absolute atomic E-state index is 4.66. The van der Waals surface area contributed by atoms with Crippen LogP contribution in [0.4, 0.5) is 5.82 Å². The Kier molecular flexibility index (Phi) is 9.84. The number of hydrogen-bond donors (Lipinski definition) is 2. The molecule has 0 amide bonds. The summed E-state index contributed by atoms with van der Waals surface area (Å²) in [5, 5.41) is 6.82. The monoisotopic (exact) mass is 522 g/mol. The van der Waals surface area contributed by atoms with Crippen molar-refractivity contribution in [3.05, 3.63) is 59.3 Å². The second-order valence-corrected chi connectivity index (χ2v) is 7.94. The molecule has 1 saturated heterocycles. The van der Waals surface area contributed by atoms with Crippen LogP contribution < -0.4 is 15.5 Å². The summed E-state index contributed by atoms with van der Waals surface area (Å²) in [6.07, 6.45) is 1.96. The van der Waals surface area contributed by atoms with Gasteiger partial charge in [0.15, 0.2) is 5.96 Å². The molecule has 2 heterocycles. The van der Waals surface area contributed by atoms with Crippen molar-refractivity contribution in [3.8, 4) is 0 Å². The molecule has 0 aliphatic carbocycles. The van der Waals surface area contributed by atoms with Gasteiger partial charge in [-0.2, -0.15) is 0 Å². The molecule has 1 atom stereocenters. The number of aromatic nitrogens is 1. The predicted molar refractivity (Wildman–Crippen MR) is 137 cm³/mol. The van der Waals surface area contributed by atoms with E-state index in [1.165, 1.54) is 11.1 Å². The molecule has 1 aromatic heterocycles. The third-order valence-electron chi connectivity index (χ3n) is 5.51. The summed E-state index contributed by atoms with van der Waals surface area (Å²) < 4.78 is 0. The van der Waals surface area contributed by atoms with E-state index in [1.54, 1.807) is 7.05 Å². The van der Waals surface area contributed by atoms with Crippen LogP contribution in [-0.2, 0) is 6.54 Å². The minimum absolute atomic E-state index is 0. The van der Waals surface area contributed by atoms with Gasteiger partial charge in [0.25, 0.3) is 0 Å². The molecule has 0 saturated carbocycles. The van der Waals surface area contributed by atoms with Crippen LogP contribution in [0.1, 0.15) is 29.5 Å². The Balaban J connectivity index is 0.00000320. The third-order valence-corrected chi connectivity index (χ3v) is 5.51. The van der Waals surface area contributed by atoms with E-state index in [0.717, 1.165) is 50.1 Å². The highest BCUT2D eigenvalue weighted by molar-refractivity contribution is 14.0. The van der Waals surface area contributed by atoms with E-state index in [1.807, 2.05) is 6.20 Å². The minimum atomic E-state index is 0. The van der Waals surface area contributed by atoms with Crippen LogP contribution in [0, 0.1) is 6.92 Å². The molecule has 0 radical (unpaired) electrons. The second kappa shape index (κ2) is 12.1. The number of nitrogens with zero attached hydrogens (tertiary/aromatic N) is 4. The number of anilines is 1. The van der Waals surface area contributed by atoms with Crippen LogP contribution in [0.15, 0.2) is 47.6 Å². The lowest BCUT2D eigenvalue weighted by Crippen LogP contribution is -2.44. The number of benzene rings is 1. The van der Waals surface area contributed by atoms with Gasteiger partial charge in [0.1, 0.15) is 5.82 Å². The molecule has 6 nitrogen and oxygen atoms in total. The average molecular weight is 522 g/mol. The number of halogens is 1. The maximum Gasteiger partial charge on any atom is 0.191 e. The summed E-state index contributed by atoms with van der Waals surface area (Å²) in [6, 6.07) is 13.0. The summed E-state index contributed by atoms with van der Waals surface area (Å²) in [5.74, 6) is 2.29. The molecule has 1 fully saturated rings. The number of aliphatic imine (C=N–C) groups is 1. The molecule has 1 aliphatic heterocycles. The van der Waals surface area contributed by atoms with Gasteiger partial charge in [0.05, 0.1) is 0 Å². The van der Waals surface area contributed by atoms with Crippen molar-refractivity contribution in [2.45, 2.75) is 26.3 Å². The number of piperazine rings is 1. The molecule has 2 aromatic rings. The summed E-state index contributed by atoms with van der Waals surface area (Å²) in [4.78, 5) is 13.7. The first-order valence-corrected chi connectivity index (χ1v) is 10.4. The largest absolute Gasteiger partial charge is 0.356 e. The Morgan fingerprint density at radius 1 is 1.13 bits per heavy atom. The smallest absolute Gasteiger partial charge is 0.191 e. The molecular weight excluding hydrogens is 487 g/mol. The molecule has 1 unspecified atom stereocenters. The fourth-order valence-electron chi connectivity index (χ4n) is 3.49.